The van der Waals surface area contributed by atoms with E-state index in [4.69, 9.17) is 10.5 Å². The second kappa shape index (κ2) is 5.08. The van der Waals surface area contributed by atoms with E-state index in [1.807, 2.05) is 30.3 Å². The molecule has 0 saturated carbocycles. The highest BCUT2D eigenvalue weighted by Gasteiger charge is 2.20. The average molecular weight is 197 g/mol. The van der Waals surface area contributed by atoms with Crippen molar-refractivity contribution in [3.05, 3.63) is 35.9 Å². The third-order valence-electron chi connectivity index (χ3n) is 1.94. The lowest BCUT2D eigenvalue weighted by atomic mass is 10.1. The van der Waals surface area contributed by atoms with E-state index >= 15 is 0 Å². The monoisotopic (exact) mass is 197 g/mol. The molecule has 78 valence electrons. The van der Waals surface area contributed by atoms with Gasteiger partial charge in [0.15, 0.2) is 0 Å². The summed E-state index contributed by atoms with van der Waals surface area (Å²) in [6.07, 6.45) is 0. The van der Waals surface area contributed by atoms with Crippen molar-refractivity contribution in [2.24, 2.45) is 5.73 Å². The van der Waals surface area contributed by atoms with Crippen LogP contribution in [0.4, 0.5) is 4.39 Å². The summed E-state index contributed by atoms with van der Waals surface area (Å²) in [6.45, 7) is 1.90. The molecule has 2 N–H and O–H groups in total. The van der Waals surface area contributed by atoms with Gasteiger partial charge in [-0.1, -0.05) is 30.3 Å². The van der Waals surface area contributed by atoms with Gasteiger partial charge in [0.1, 0.15) is 5.67 Å². The van der Waals surface area contributed by atoms with Crippen LogP contribution in [-0.2, 0) is 11.3 Å². The smallest absolute Gasteiger partial charge is 0.143 e. The second-order valence-electron chi connectivity index (χ2n) is 3.60. The summed E-state index contributed by atoms with van der Waals surface area (Å²) in [5, 5.41) is 0. The van der Waals surface area contributed by atoms with Crippen molar-refractivity contribution in [3.63, 3.8) is 0 Å². The average Bonchev–Trinajstić information content (AvgIpc) is 2.19. The quantitative estimate of drug-likeness (QED) is 0.782. The molecule has 1 rings (SSSR count). The lowest BCUT2D eigenvalue weighted by Crippen LogP contribution is -2.34. The zero-order chi connectivity index (χ0) is 10.4. The third-order valence-corrected chi connectivity index (χ3v) is 1.94. The van der Waals surface area contributed by atoms with Crippen molar-refractivity contribution < 1.29 is 9.13 Å². The minimum Gasteiger partial charge on any atom is -0.373 e. The van der Waals surface area contributed by atoms with Crippen LogP contribution in [0.5, 0.6) is 0 Å². The van der Waals surface area contributed by atoms with Crippen molar-refractivity contribution in [3.8, 4) is 0 Å². The largest absolute Gasteiger partial charge is 0.373 e. The Morgan fingerprint density at radius 1 is 1.36 bits per heavy atom. The summed E-state index contributed by atoms with van der Waals surface area (Å²) < 4.78 is 18.5. The summed E-state index contributed by atoms with van der Waals surface area (Å²) in [7, 11) is 0. The molecule has 0 aliphatic rings. The molecule has 14 heavy (non-hydrogen) atoms. The molecule has 0 saturated heterocycles. The molecule has 1 aromatic carbocycles. The van der Waals surface area contributed by atoms with Gasteiger partial charge in [0.05, 0.1) is 13.2 Å². The number of hydrogen-bond donors (Lipinski definition) is 1. The molecule has 0 amide bonds. The van der Waals surface area contributed by atoms with Crippen molar-refractivity contribution >= 4 is 0 Å². The van der Waals surface area contributed by atoms with E-state index in [0.717, 1.165) is 5.56 Å². The Morgan fingerprint density at radius 2 is 2.00 bits per heavy atom. The fourth-order valence-corrected chi connectivity index (χ4v) is 1.01. The van der Waals surface area contributed by atoms with Crippen LogP contribution in [0.1, 0.15) is 12.5 Å². The van der Waals surface area contributed by atoms with Gasteiger partial charge in [-0.3, -0.25) is 0 Å². The maximum absolute atomic E-state index is 13.3. The Balaban J connectivity index is 2.29. The second-order valence-corrected chi connectivity index (χ2v) is 3.60. The number of halogens is 1. The maximum Gasteiger partial charge on any atom is 0.143 e. The van der Waals surface area contributed by atoms with Crippen LogP contribution in [0, 0.1) is 0 Å². The maximum atomic E-state index is 13.3. The molecule has 0 aliphatic carbocycles. The molecule has 1 aromatic rings. The summed E-state index contributed by atoms with van der Waals surface area (Å²) >= 11 is 0. The Hall–Kier alpha value is -0.930. The van der Waals surface area contributed by atoms with Gasteiger partial charge in [-0.05, 0) is 12.5 Å². The van der Waals surface area contributed by atoms with Gasteiger partial charge >= 0.3 is 0 Å². The zero-order valence-corrected chi connectivity index (χ0v) is 8.37. The SMILES string of the molecule is CC(F)(CN)COCc1ccccc1. The summed E-state index contributed by atoms with van der Waals surface area (Å²) in [4.78, 5) is 0. The minimum absolute atomic E-state index is 0.0121. The van der Waals surface area contributed by atoms with Crippen molar-refractivity contribution in [1.29, 1.82) is 0 Å². The van der Waals surface area contributed by atoms with Gasteiger partial charge in [-0.25, -0.2) is 4.39 Å². The van der Waals surface area contributed by atoms with Crippen molar-refractivity contribution in [2.75, 3.05) is 13.2 Å². The van der Waals surface area contributed by atoms with E-state index in [1.165, 1.54) is 6.92 Å². The van der Waals surface area contributed by atoms with E-state index in [-0.39, 0.29) is 13.2 Å². The predicted octanol–water partition coefficient (Wildman–Crippen LogP) is 1.89. The van der Waals surface area contributed by atoms with Gasteiger partial charge in [-0.15, -0.1) is 0 Å². The normalized spacial score (nSPS) is 15.1. The first kappa shape index (κ1) is 11.1. The first-order valence-corrected chi connectivity index (χ1v) is 4.65. The fourth-order valence-electron chi connectivity index (χ4n) is 1.01. The van der Waals surface area contributed by atoms with Crippen molar-refractivity contribution in [1.82, 2.24) is 0 Å². The van der Waals surface area contributed by atoms with Crippen LogP contribution in [0.25, 0.3) is 0 Å². The zero-order valence-electron chi connectivity index (χ0n) is 8.37. The molecule has 1 unspecified atom stereocenters. The topological polar surface area (TPSA) is 35.2 Å². The molecule has 0 aliphatic heterocycles. The number of ether oxygens (including phenoxy) is 1. The molecule has 0 heterocycles. The number of nitrogens with two attached hydrogens (primary N) is 1. The van der Waals surface area contributed by atoms with E-state index in [2.05, 4.69) is 0 Å². The van der Waals surface area contributed by atoms with Gasteiger partial charge in [-0.2, -0.15) is 0 Å². The fraction of sp³-hybridized carbons (Fsp3) is 0.455. The van der Waals surface area contributed by atoms with Crippen LogP contribution in [-0.4, -0.2) is 18.8 Å². The Bertz CT molecular complexity index is 261. The summed E-state index contributed by atoms with van der Waals surface area (Å²) in [5.41, 5.74) is 4.85. The molecule has 3 heteroatoms. The first-order chi connectivity index (χ1) is 6.64. The molecule has 0 fully saturated rings. The van der Waals surface area contributed by atoms with E-state index < -0.39 is 5.67 Å². The number of rotatable bonds is 5. The number of benzene rings is 1. The molecule has 0 spiro atoms. The summed E-state index contributed by atoms with van der Waals surface area (Å²) in [5.74, 6) is 0. The van der Waals surface area contributed by atoms with Gasteiger partial charge in [0.2, 0.25) is 0 Å². The van der Waals surface area contributed by atoms with E-state index in [1.54, 1.807) is 0 Å². The molecule has 0 aromatic heterocycles. The highest BCUT2D eigenvalue weighted by Crippen LogP contribution is 2.09. The highest BCUT2D eigenvalue weighted by atomic mass is 19.1. The standard InChI is InChI=1S/C11H16FNO/c1-11(12,8-13)9-14-7-10-5-3-2-4-6-10/h2-6H,7-9,13H2,1H3. The van der Waals surface area contributed by atoms with E-state index in [9.17, 15) is 4.39 Å². The number of hydrogen-bond acceptors (Lipinski definition) is 2. The summed E-state index contributed by atoms with van der Waals surface area (Å²) in [6, 6.07) is 9.67. The van der Waals surface area contributed by atoms with Gasteiger partial charge < -0.3 is 10.5 Å². The Kier molecular flexibility index (Phi) is 4.04. The van der Waals surface area contributed by atoms with Crippen LogP contribution in [0.2, 0.25) is 0 Å². The molecular weight excluding hydrogens is 181 g/mol. The molecular formula is C11H16FNO. The lowest BCUT2D eigenvalue weighted by Gasteiger charge is -2.17. The van der Waals surface area contributed by atoms with Crippen LogP contribution in [0.15, 0.2) is 30.3 Å². The van der Waals surface area contributed by atoms with Crippen LogP contribution < -0.4 is 5.73 Å². The Labute approximate surface area is 83.9 Å². The third kappa shape index (κ3) is 3.85. The highest BCUT2D eigenvalue weighted by molar-refractivity contribution is 5.13. The van der Waals surface area contributed by atoms with Gasteiger partial charge in [0, 0.05) is 6.54 Å². The molecule has 1 atom stereocenters. The molecule has 0 radical (unpaired) electrons. The number of alkyl halides is 1. The molecule has 0 bridgehead atoms. The molecule has 2 nitrogen and oxygen atoms in total. The predicted molar refractivity (Wildman–Crippen MR) is 54.7 cm³/mol. The van der Waals surface area contributed by atoms with Crippen LogP contribution in [0.3, 0.4) is 0 Å². The lowest BCUT2D eigenvalue weighted by molar-refractivity contribution is 0.0223. The van der Waals surface area contributed by atoms with Crippen molar-refractivity contribution in [2.45, 2.75) is 19.2 Å². The van der Waals surface area contributed by atoms with Gasteiger partial charge in [0.25, 0.3) is 0 Å². The Morgan fingerprint density at radius 3 is 2.57 bits per heavy atom. The van der Waals surface area contributed by atoms with E-state index in [0.29, 0.717) is 6.61 Å². The first-order valence-electron chi connectivity index (χ1n) is 4.65. The minimum atomic E-state index is -1.42. The van der Waals surface area contributed by atoms with Crippen LogP contribution >= 0.6 is 0 Å².